The van der Waals surface area contributed by atoms with Gasteiger partial charge >= 0.3 is 0 Å². The van der Waals surface area contributed by atoms with Crippen molar-refractivity contribution in [2.75, 3.05) is 13.2 Å². The van der Waals surface area contributed by atoms with Crippen LogP contribution in [0.3, 0.4) is 0 Å². The Kier molecular flexibility index (Phi) is 6.38. The fourth-order valence-electron chi connectivity index (χ4n) is 1.72. The van der Waals surface area contributed by atoms with Gasteiger partial charge in [-0.3, -0.25) is 0 Å². The Bertz CT molecular complexity index is 337. The van der Waals surface area contributed by atoms with Crippen molar-refractivity contribution < 1.29 is 4.74 Å². The molecule has 0 aromatic heterocycles. The van der Waals surface area contributed by atoms with Crippen LogP contribution in [0.2, 0.25) is 5.02 Å². The Morgan fingerprint density at radius 2 is 2.00 bits per heavy atom. The summed E-state index contributed by atoms with van der Waals surface area (Å²) in [6.07, 6.45) is 2.33. The SMILES string of the molecule is CCC(CC)NCCOc1ccc(Cl)c(C)c1. The van der Waals surface area contributed by atoms with Crippen molar-refractivity contribution >= 4 is 11.6 Å². The van der Waals surface area contributed by atoms with E-state index in [4.69, 9.17) is 16.3 Å². The van der Waals surface area contributed by atoms with E-state index in [2.05, 4.69) is 19.2 Å². The maximum atomic E-state index is 5.95. The van der Waals surface area contributed by atoms with Gasteiger partial charge in [-0.25, -0.2) is 0 Å². The molecule has 96 valence electrons. The van der Waals surface area contributed by atoms with Crippen molar-refractivity contribution in [3.8, 4) is 5.75 Å². The molecule has 0 amide bonds. The molecule has 0 bridgehead atoms. The Morgan fingerprint density at radius 1 is 1.29 bits per heavy atom. The molecule has 0 fully saturated rings. The Morgan fingerprint density at radius 3 is 2.59 bits per heavy atom. The predicted octanol–water partition coefficient (Wildman–Crippen LogP) is 3.81. The summed E-state index contributed by atoms with van der Waals surface area (Å²) in [5.41, 5.74) is 1.05. The van der Waals surface area contributed by atoms with Crippen LogP contribution < -0.4 is 10.1 Å². The summed E-state index contributed by atoms with van der Waals surface area (Å²) in [7, 11) is 0. The average Bonchev–Trinajstić information content (AvgIpc) is 2.34. The molecular weight excluding hydrogens is 234 g/mol. The summed E-state index contributed by atoms with van der Waals surface area (Å²) in [4.78, 5) is 0. The molecule has 0 unspecified atom stereocenters. The van der Waals surface area contributed by atoms with Crippen molar-refractivity contribution in [2.45, 2.75) is 39.7 Å². The van der Waals surface area contributed by atoms with E-state index in [1.165, 1.54) is 0 Å². The third kappa shape index (κ3) is 4.97. The molecule has 0 saturated heterocycles. The van der Waals surface area contributed by atoms with Gasteiger partial charge in [0.2, 0.25) is 0 Å². The summed E-state index contributed by atoms with van der Waals surface area (Å²) in [6, 6.07) is 6.36. The van der Waals surface area contributed by atoms with Crippen LogP contribution >= 0.6 is 11.6 Å². The van der Waals surface area contributed by atoms with Crippen molar-refractivity contribution in [3.63, 3.8) is 0 Å². The van der Waals surface area contributed by atoms with Gasteiger partial charge in [0, 0.05) is 17.6 Å². The van der Waals surface area contributed by atoms with E-state index in [0.717, 1.165) is 35.7 Å². The van der Waals surface area contributed by atoms with E-state index in [1.807, 2.05) is 25.1 Å². The normalized spacial score (nSPS) is 10.9. The molecule has 0 spiro atoms. The second kappa shape index (κ2) is 7.57. The van der Waals surface area contributed by atoms with Gasteiger partial charge in [-0.15, -0.1) is 0 Å². The molecule has 0 aliphatic carbocycles. The minimum atomic E-state index is 0.602. The molecule has 1 aromatic rings. The van der Waals surface area contributed by atoms with Gasteiger partial charge in [0.25, 0.3) is 0 Å². The molecule has 1 aromatic carbocycles. The molecule has 2 nitrogen and oxygen atoms in total. The van der Waals surface area contributed by atoms with E-state index < -0.39 is 0 Å². The van der Waals surface area contributed by atoms with Gasteiger partial charge < -0.3 is 10.1 Å². The highest BCUT2D eigenvalue weighted by molar-refractivity contribution is 6.31. The first kappa shape index (κ1) is 14.3. The Hall–Kier alpha value is -0.730. The van der Waals surface area contributed by atoms with Crippen LogP contribution in [0, 0.1) is 6.92 Å². The van der Waals surface area contributed by atoms with Gasteiger partial charge in [-0.05, 0) is 43.5 Å². The molecule has 0 atom stereocenters. The number of rotatable bonds is 7. The zero-order chi connectivity index (χ0) is 12.7. The quantitative estimate of drug-likeness (QED) is 0.749. The number of hydrogen-bond donors (Lipinski definition) is 1. The highest BCUT2D eigenvalue weighted by atomic mass is 35.5. The number of hydrogen-bond acceptors (Lipinski definition) is 2. The second-order valence-corrected chi connectivity index (χ2v) is 4.63. The Labute approximate surface area is 109 Å². The number of benzene rings is 1. The summed E-state index contributed by atoms with van der Waals surface area (Å²) in [5, 5.41) is 4.25. The maximum absolute atomic E-state index is 5.95. The zero-order valence-corrected chi connectivity index (χ0v) is 11.7. The average molecular weight is 256 g/mol. The van der Waals surface area contributed by atoms with E-state index in [0.29, 0.717) is 12.6 Å². The smallest absolute Gasteiger partial charge is 0.119 e. The third-order valence-corrected chi connectivity index (χ3v) is 3.34. The van der Waals surface area contributed by atoms with E-state index in [-0.39, 0.29) is 0 Å². The zero-order valence-electron chi connectivity index (χ0n) is 10.9. The topological polar surface area (TPSA) is 21.3 Å². The van der Waals surface area contributed by atoms with Gasteiger partial charge in [-0.2, -0.15) is 0 Å². The first-order chi connectivity index (χ1) is 8.17. The lowest BCUT2D eigenvalue weighted by Crippen LogP contribution is -2.31. The standard InChI is InChI=1S/C14H22ClNO/c1-4-12(5-2)16-8-9-17-13-6-7-14(15)11(3)10-13/h6-7,10,12,16H,4-5,8-9H2,1-3H3. The van der Waals surface area contributed by atoms with Gasteiger partial charge in [0.05, 0.1) is 0 Å². The van der Waals surface area contributed by atoms with Crippen LogP contribution in [0.4, 0.5) is 0 Å². The highest BCUT2D eigenvalue weighted by Crippen LogP contribution is 2.20. The fourth-order valence-corrected chi connectivity index (χ4v) is 1.83. The number of ether oxygens (including phenoxy) is 1. The van der Waals surface area contributed by atoms with Crippen molar-refractivity contribution in [3.05, 3.63) is 28.8 Å². The third-order valence-electron chi connectivity index (χ3n) is 2.92. The summed E-state index contributed by atoms with van der Waals surface area (Å²) in [5.74, 6) is 0.887. The van der Waals surface area contributed by atoms with Gasteiger partial charge in [0.15, 0.2) is 0 Å². The van der Waals surface area contributed by atoms with Crippen LogP contribution in [0.25, 0.3) is 0 Å². The van der Waals surface area contributed by atoms with Gasteiger partial charge in [0.1, 0.15) is 12.4 Å². The molecule has 1 rings (SSSR count). The van der Waals surface area contributed by atoms with Crippen LogP contribution in [-0.4, -0.2) is 19.2 Å². The van der Waals surface area contributed by atoms with Crippen LogP contribution in [0.5, 0.6) is 5.75 Å². The molecular formula is C14H22ClNO. The maximum Gasteiger partial charge on any atom is 0.119 e. The minimum absolute atomic E-state index is 0.602. The van der Waals surface area contributed by atoms with Crippen LogP contribution in [0.1, 0.15) is 32.3 Å². The molecule has 1 N–H and O–H groups in total. The van der Waals surface area contributed by atoms with E-state index in [1.54, 1.807) is 0 Å². The van der Waals surface area contributed by atoms with Crippen molar-refractivity contribution in [1.29, 1.82) is 0 Å². The Balaban J connectivity index is 2.28. The lowest BCUT2D eigenvalue weighted by molar-refractivity contribution is 0.302. The van der Waals surface area contributed by atoms with E-state index in [9.17, 15) is 0 Å². The number of aryl methyl sites for hydroxylation is 1. The van der Waals surface area contributed by atoms with Crippen LogP contribution in [0.15, 0.2) is 18.2 Å². The minimum Gasteiger partial charge on any atom is -0.492 e. The fraction of sp³-hybridized carbons (Fsp3) is 0.571. The molecule has 0 heterocycles. The van der Waals surface area contributed by atoms with Crippen LogP contribution in [-0.2, 0) is 0 Å². The largest absolute Gasteiger partial charge is 0.492 e. The highest BCUT2D eigenvalue weighted by Gasteiger charge is 2.02. The van der Waals surface area contributed by atoms with E-state index >= 15 is 0 Å². The second-order valence-electron chi connectivity index (χ2n) is 4.23. The summed E-state index contributed by atoms with van der Waals surface area (Å²) in [6.45, 7) is 7.96. The molecule has 0 aliphatic rings. The lowest BCUT2D eigenvalue weighted by Gasteiger charge is -2.15. The van der Waals surface area contributed by atoms with Gasteiger partial charge in [-0.1, -0.05) is 25.4 Å². The summed E-state index contributed by atoms with van der Waals surface area (Å²) >= 11 is 5.95. The first-order valence-corrected chi connectivity index (χ1v) is 6.67. The number of nitrogens with one attached hydrogen (secondary N) is 1. The summed E-state index contributed by atoms with van der Waals surface area (Å²) < 4.78 is 5.66. The number of halogens is 1. The molecule has 17 heavy (non-hydrogen) atoms. The molecule has 0 aliphatic heterocycles. The first-order valence-electron chi connectivity index (χ1n) is 6.29. The monoisotopic (exact) mass is 255 g/mol. The molecule has 0 radical (unpaired) electrons. The lowest BCUT2D eigenvalue weighted by atomic mass is 10.2. The molecule has 3 heteroatoms. The molecule has 0 saturated carbocycles. The van der Waals surface area contributed by atoms with Crippen molar-refractivity contribution in [1.82, 2.24) is 5.32 Å². The predicted molar refractivity (Wildman–Crippen MR) is 74.1 cm³/mol. The van der Waals surface area contributed by atoms with Crippen molar-refractivity contribution in [2.24, 2.45) is 0 Å².